The molecule has 4 rings (SSSR count). The predicted molar refractivity (Wildman–Crippen MR) is 103 cm³/mol. The molecular weight excluding hydrogens is 342 g/mol. The van der Waals surface area contributed by atoms with E-state index >= 15 is 0 Å². The fourth-order valence-corrected chi connectivity index (χ4v) is 4.62. The molecule has 2 aliphatic heterocycles. The number of rotatable bonds is 4. The largest absolute Gasteiger partial charge is 0.347 e. The van der Waals surface area contributed by atoms with Crippen LogP contribution in [0.1, 0.15) is 72.3 Å². The van der Waals surface area contributed by atoms with Gasteiger partial charge in [0.25, 0.3) is 11.8 Å². The molecule has 0 radical (unpaired) electrons. The van der Waals surface area contributed by atoms with Gasteiger partial charge in [-0.05, 0) is 38.6 Å². The number of aromatic nitrogens is 2. The first-order valence-corrected chi connectivity index (χ1v) is 10.6. The van der Waals surface area contributed by atoms with Crippen LogP contribution in [0.15, 0.2) is 0 Å². The molecule has 1 aromatic rings. The third kappa shape index (κ3) is 3.74. The van der Waals surface area contributed by atoms with E-state index in [9.17, 15) is 9.59 Å². The number of amides is 2. The van der Waals surface area contributed by atoms with Gasteiger partial charge in [-0.15, -0.1) is 0 Å². The van der Waals surface area contributed by atoms with Gasteiger partial charge < -0.3 is 19.7 Å². The zero-order valence-electron chi connectivity index (χ0n) is 16.4. The standard InChI is InChI=1S/C20H31N5O2/c1-2-23-11-13-24(14-12-23)20(27)17-16-9-5-6-10-25(16)18(22-17)19(26)21-15-7-3-4-8-15/h15H,2-14H2,1H3,(H,21,26). The highest BCUT2D eigenvalue weighted by molar-refractivity contribution is 5.97. The fraction of sp³-hybridized carbons (Fsp3) is 0.750. The van der Waals surface area contributed by atoms with Gasteiger partial charge in [0.05, 0.1) is 5.69 Å². The molecule has 0 atom stereocenters. The zero-order valence-corrected chi connectivity index (χ0v) is 16.4. The molecule has 1 saturated carbocycles. The van der Waals surface area contributed by atoms with Gasteiger partial charge in [0, 0.05) is 38.8 Å². The Morgan fingerprint density at radius 3 is 2.48 bits per heavy atom. The van der Waals surface area contributed by atoms with Gasteiger partial charge in [0.2, 0.25) is 0 Å². The number of carbonyl (C=O) groups is 2. The van der Waals surface area contributed by atoms with E-state index in [1.165, 1.54) is 12.8 Å². The van der Waals surface area contributed by atoms with Crippen molar-refractivity contribution < 1.29 is 9.59 Å². The lowest BCUT2D eigenvalue weighted by atomic mass is 10.1. The maximum absolute atomic E-state index is 13.1. The van der Waals surface area contributed by atoms with Crippen molar-refractivity contribution in [1.29, 1.82) is 0 Å². The molecule has 3 aliphatic rings. The molecular formula is C20H31N5O2. The van der Waals surface area contributed by atoms with Gasteiger partial charge in [0.15, 0.2) is 5.82 Å². The quantitative estimate of drug-likeness (QED) is 0.872. The lowest BCUT2D eigenvalue weighted by Gasteiger charge is -2.33. The number of nitrogens with zero attached hydrogens (tertiary/aromatic N) is 4. The van der Waals surface area contributed by atoms with Gasteiger partial charge in [-0.3, -0.25) is 9.59 Å². The highest BCUT2D eigenvalue weighted by atomic mass is 16.2. The Kier molecular flexibility index (Phi) is 5.48. The summed E-state index contributed by atoms with van der Waals surface area (Å²) >= 11 is 0. The zero-order chi connectivity index (χ0) is 18.8. The molecule has 7 nitrogen and oxygen atoms in total. The second-order valence-corrected chi connectivity index (χ2v) is 8.02. The maximum atomic E-state index is 13.1. The molecule has 2 amide bonds. The minimum Gasteiger partial charge on any atom is -0.347 e. The fourth-order valence-electron chi connectivity index (χ4n) is 4.62. The van der Waals surface area contributed by atoms with Gasteiger partial charge in [-0.1, -0.05) is 19.8 Å². The molecule has 148 valence electrons. The van der Waals surface area contributed by atoms with Crippen LogP contribution in [0.25, 0.3) is 0 Å². The molecule has 7 heteroatoms. The third-order valence-corrected chi connectivity index (χ3v) is 6.32. The summed E-state index contributed by atoms with van der Waals surface area (Å²) in [6.07, 6.45) is 7.38. The summed E-state index contributed by atoms with van der Waals surface area (Å²) in [6, 6.07) is 0.260. The van der Waals surface area contributed by atoms with Crippen LogP contribution >= 0.6 is 0 Å². The SMILES string of the molecule is CCN1CCN(C(=O)c2nc(C(=O)NC3CCCC3)n3c2CCCC3)CC1. The summed E-state index contributed by atoms with van der Waals surface area (Å²) in [5.74, 6) is 0.323. The van der Waals surface area contributed by atoms with Crippen molar-refractivity contribution in [3.8, 4) is 0 Å². The Bertz CT molecular complexity index is 699. The second kappa shape index (κ2) is 8.00. The van der Waals surface area contributed by atoms with Crippen LogP contribution in [0, 0.1) is 0 Å². The minimum atomic E-state index is -0.111. The summed E-state index contributed by atoms with van der Waals surface area (Å²) in [5, 5.41) is 3.14. The van der Waals surface area contributed by atoms with E-state index in [4.69, 9.17) is 0 Å². The maximum Gasteiger partial charge on any atom is 0.287 e. The molecule has 1 N–H and O–H groups in total. The molecule has 0 aromatic carbocycles. The predicted octanol–water partition coefficient (Wildman–Crippen LogP) is 1.67. The molecule has 0 spiro atoms. The van der Waals surface area contributed by atoms with Crippen molar-refractivity contribution in [3.05, 3.63) is 17.2 Å². The topological polar surface area (TPSA) is 70.5 Å². The number of hydrogen-bond donors (Lipinski definition) is 1. The van der Waals surface area contributed by atoms with Gasteiger partial charge in [-0.25, -0.2) is 4.98 Å². The van der Waals surface area contributed by atoms with Crippen LogP contribution in [-0.2, 0) is 13.0 Å². The molecule has 3 heterocycles. The molecule has 1 saturated heterocycles. The van der Waals surface area contributed by atoms with Crippen LogP contribution in [0.3, 0.4) is 0 Å². The summed E-state index contributed by atoms with van der Waals surface area (Å²) in [4.78, 5) is 34.8. The van der Waals surface area contributed by atoms with E-state index in [2.05, 4.69) is 22.1 Å². The number of piperazine rings is 1. The highest BCUT2D eigenvalue weighted by Gasteiger charge is 2.31. The number of nitrogens with one attached hydrogen (secondary N) is 1. The molecule has 0 bridgehead atoms. The average molecular weight is 374 g/mol. The Morgan fingerprint density at radius 2 is 1.78 bits per heavy atom. The molecule has 1 aromatic heterocycles. The van der Waals surface area contributed by atoms with E-state index < -0.39 is 0 Å². The number of likely N-dealkylation sites (N-methyl/N-ethyl adjacent to an activating group) is 1. The van der Waals surface area contributed by atoms with Crippen molar-refractivity contribution in [2.75, 3.05) is 32.7 Å². The molecule has 27 heavy (non-hydrogen) atoms. The van der Waals surface area contributed by atoms with Gasteiger partial charge in [-0.2, -0.15) is 0 Å². The van der Waals surface area contributed by atoms with E-state index in [1.54, 1.807) is 0 Å². The van der Waals surface area contributed by atoms with Crippen molar-refractivity contribution in [2.45, 2.75) is 64.5 Å². The van der Waals surface area contributed by atoms with Crippen molar-refractivity contribution in [3.63, 3.8) is 0 Å². The Hall–Kier alpha value is -1.89. The Morgan fingerprint density at radius 1 is 1.04 bits per heavy atom. The summed E-state index contributed by atoms with van der Waals surface area (Å²) < 4.78 is 2.00. The van der Waals surface area contributed by atoms with Crippen molar-refractivity contribution in [1.82, 2.24) is 24.7 Å². The van der Waals surface area contributed by atoms with E-state index in [-0.39, 0.29) is 17.9 Å². The second-order valence-electron chi connectivity index (χ2n) is 8.02. The number of imidazole rings is 1. The van der Waals surface area contributed by atoms with Crippen LogP contribution < -0.4 is 5.32 Å². The lowest BCUT2D eigenvalue weighted by molar-refractivity contribution is 0.0636. The van der Waals surface area contributed by atoms with Crippen LogP contribution in [0.2, 0.25) is 0 Å². The first-order valence-electron chi connectivity index (χ1n) is 10.6. The van der Waals surface area contributed by atoms with Crippen molar-refractivity contribution >= 4 is 11.8 Å². The lowest BCUT2D eigenvalue weighted by Crippen LogP contribution is -2.48. The Balaban J connectivity index is 1.55. The molecule has 0 unspecified atom stereocenters. The smallest absolute Gasteiger partial charge is 0.287 e. The number of fused-ring (bicyclic) bond motifs is 1. The first kappa shape index (κ1) is 18.5. The number of hydrogen-bond acceptors (Lipinski definition) is 4. The van der Waals surface area contributed by atoms with E-state index in [0.29, 0.717) is 11.5 Å². The number of carbonyl (C=O) groups excluding carboxylic acids is 2. The first-order chi connectivity index (χ1) is 13.2. The summed E-state index contributed by atoms with van der Waals surface area (Å²) in [6.45, 7) is 7.25. The molecule has 1 aliphatic carbocycles. The summed E-state index contributed by atoms with van der Waals surface area (Å²) in [5.41, 5.74) is 1.47. The minimum absolute atomic E-state index is 0.00341. The third-order valence-electron chi connectivity index (χ3n) is 6.32. The average Bonchev–Trinajstić information content (AvgIpc) is 3.35. The van der Waals surface area contributed by atoms with E-state index in [0.717, 1.165) is 77.1 Å². The van der Waals surface area contributed by atoms with Gasteiger partial charge in [0.1, 0.15) is 5.69 Å². The van der Waals surface area contributed by atoms with Crippen LogP contribution in [-0.4, -0.2) is 69.9 Å². The Labute approximate surface area is 161 Å². The molecule has 2 fully saturated rings. The van der Waals surface area contributed by atoms with Crippen LogP contribution in [0.5, 0.6) is 0 Å². The van der Waals surface area contributed by atoms with Crippen molar-refractivity contribution in [2.24, 2.45) is 0 Å². The highest BCUT2D eigenvalue weighted by Crippen LogP contribution is 2.24. The van der Waals surface area contributed by atoms with Crippen LogP contribution in [0.4, 0.5) is 0 Å². The van der Waals surface area contributed by atoms with Gasteiger partial charge >= 0.3 is 0 Å². The summed E-state index contributed by atoms with van der Waals surface area (Å²) in [7, 11) is 0. The monoisotopic (exact) mass is 373 g/mol. The normalized spacial score (nSPS) is 21.3. The van der Waals surface area contributed by atoms with E-state index in [1.807, 2.05) is 9.47 Å².